The molecule has 0 radical (unpaired) electrons. The van der Waals surface area contributed by atoms with Gasteiger partial charge in [-0.2, -0.15) is 0 Å². The maximum Gasteiger partial charge on any atom is 0.239 e. The third-order valence-electron chi connectivity index (χ3n) is 3.64. The lowest BCUT2D eigenvalue weighted by atomic mass is 10.3. The number of imidazole rings is 1. The van der Waals surface area contributed by atoms with Crippen molar-refractivity contribution in [3.63, 3.8) is 0 Å². The number of nitrogens with zero attached hydrogens (tertiary/aromatic N) is 4. The van der Waals surface area contributed by atoms with Crippen molar-refractivity contribution in [1.82, 2.24) is 24.1 Å². The van der Waals surface area contributed by atoms with Gasteiger partial charge in [-0.1, -0.05) is 0 Å². The Morgan fingerprint density at radius 1 is 1.33 bits per heavy atom. The Morgan fingerprint density at radius 2 is 2.00 bits per heavy atom. The molecular formula is C12H21N5O3S. The van der Waals surface area contributed by atoms with Crippen molar-refractivity contribution in [2.45, 2.75) is 6.54 Å². The Morgan fingerprint density at radius 3 is 2.52 bits per heavy atom. The van der Waals surface area contributed by atoms with Gasteiger partial charge in [0, 0.05) is 45.6 Å². The quantitative estimate of drug-likeness (QED) is 0.723. The molecule has 2 rings (SSSR count). The summed E-state index contributed by atoms with van der Waals surface area (Å²) in [6.07, 6.45) is 3.66. The third-order valence-corrected chi connectivity index (χ3v) is 4.88. The summed E-state index contributed by atoms with van der Waals surface area (Å²) in [6, 6.07) is 0. The molecule has 1 aliphatic rings. The van der Waals surface area contributed by atoms with E-state index in [4.69, 9.17) is 0 Å². The van der Waals surface area contributed by atoms with E-state index >= 15 is 0 Å². The zero-order chi connectivity index (χ0) is 15.5. The van der Waals surface area contributed by atoms with Crippen LogP contribution >= 0.6 is 0 Å². The van der Waals surface area contributed by atoms with Gasteiger partial charge in [0.05, 0.1) is 6.54 Å². The molecule has 1 fully saturated rings. The van der Waals surface area contributed by atoms with Crippen molar-refractivity contribution in [3.05, 3.63) is 18.2 Å². The van der Waals surface area contributed by atoms with Gasteiger partial charge in [-0.3, -0.25) is 9.69 Å². The molecule has 0 unspecified atom stereocenters. The number of nitrogens with one attached hydrogen (secondary N) is 1. The maximum absolute atomic E-state index is 11.9. The molecule has 8 nitrogen and oxygen atoms in total. The van der Waals surface area contributed by atoms with E-state index in [1.165, 1.54) is 7.05 Å². The van der Waals surface area contributed by atoms with Gasteiger partial charge < -0.3 is 9.47 Å². The number of hydrogen-bond acceptors (Lipinski definition) is 5. The van der Waals surface area contributed by atoms with Crippen molar-refractivity contribution in [3.8, 4) is 0 Å². The summed E-state index contributed by atoms with van der Waals surface area (Å²) >= 11 is 0. The largest absolute Gasteiger partial charge is 0.339 e. The van der Waals surface area contributed by atoms with Crippen LogP contribution in [0.1, 0.15) is 5.82 Å². The molecule has 1 aromatic heterocycles. The van der Waals surface area contributed by atoms with Crippen LogP contribution in [0.3, 0.4) is 0 Å². The number of amides is 1. The van der Waals surface area contributed by atoms with E-state index in [9.17, 15) is 13.2 Å². The van der Waals surface area contributed by atoms with Crippen molar-refractivity contribution in [1.29, 1.82) is 0 Å². The summed E-state index contributed by atoms with van der Waals surface area (Å²) < 4.78 is 26.9. The van der Waals surface area contributed by atoms with Crippen LogP contribution in [-0.4, -0.2) is 72.7 Å². The predicted molar refractivity (Wildman–Crippen MR) is 77.9 cm³/mol. The summed E-state index contributed by atoms with van der Waals surface area (Å²) in [6.45, 7) is 3.27. The second kappa shape index (κ2) is 6.54. The lowest BCUT2D eigenvalue weighted by Gasteiger charge is -2.34. The average molecular weight is 315 g/mol. The summed E-state index contributed by atoms with van der Waals surface area (Å²) in [4.78, 5) is 20.0. The SMILES string of the molecule is CNS(=O)(=O)CC(=O)N1CCN(Cc2nccn2C)CC1. The lowest BCUT2D eigenvalue weighted by molar-refractivity contribution is -0.130. The van der Waals surface area contributed by atoms with Crippen molar-refractivity contribution in [2.75, 3.05) is 39.0 Å². The summed E-state index contributed by atoms with van der Waals surface area (Å²) in [5.41, 5.74) is 0. The van der Waals surface area contributed by atoms with Crippen LogP contribution in [0.15, 0.2) is 12.4 Å². The van der Waals surface area contributed by atoms with E-state index < -0.39 is 15.8 Å². The van der Waals surface area contributed by atoms with E-state index in [2.05, 4.69) is 14.6 Å². The molecule has 9 heteroatoms. The molecule has 1 saturated heterocycles. The van der Waals surface area contributed by atoms with Gasteiger partial charge in [0.1, 0.15) is 11.6 Å². The third kappa shape index (κ3) is 4.26. The minimum atomic E-state index is -3.50. The number of rotatable bonds is 5. The maximum atomic E-state index is 11.9. The minimum Gasteiger partial charge on any atom is -0.339 e. The fraction of sp³-hybridized carbons (Fsp3) is 0.667. The van der Waals surface area contributed by atoms with E-state index in [-0.39, 0.29) is 5.91 Å². The Bertz CT molecular complexity index is 590. The molecule has 0 aromatic carbocycles. The molecule has 1 aromatic rings. The first-order chi connectivity index (χ1) is 9.91. The molecule has 1 amide bonds. The first kappa shape index (κ1) is 15.9. The number of sulfonamides is 1. The molecule has 0 aliphatic carbocycles. The van der Waals surface area contributed by atoms with Gasteiger partial charge in [-0.05, 0) is 7.05 Å². The zero-order valence-corrected chi connectivity index (χ0v) is 13.1. The Kier molecular flexibility index (Phi) is 4.96. The molecule has 21 heavy (non-hydrogen) atoms. The van der Waals surface area contributed by atoms with Gasteiger partial charge in [-0.15, -0.1) is 0 Å². The molecule has 1 N–H and O–H groups in total. The fourth-order valence-electron chi connectivity index (χ4n) is 2.23. The highest BCUT2D eigenvalue weighted by atomic mass is 32.2. The van der Waals surface area contributed by atoms with Crippen LogP contribution in [0.4, 0.5) is 0 Å². The van der Waals surface area contributed by atoms with E-state index in [1.54, 1.807) is 11.1 Å². The number of carbonyl (C=O) groups excluding carboxylic acids is 1. The van der Waals surface area contributed by atoms with Crippen LogP contribution < -0.4 is 4.72 Å². The van der Waals surface area contributed by atoms with E-state index in [0.717, 1.165) is 25.5 Å². The molecule has 0 spiro atoms. The Balaban J connectivity index is 1.83. The molecule has 2 heterocycles. The zero-order valence-electron chi connectivity index (χ0n) is 12.3. The summed E-state index contributed by atoms with van der Waals surface area (Å²) in [5.74, 6) is 0.150. The van der Waals surface area contributed by atoms with E-state index in [0.29, 0.717) is 13.1 Å². The van der Waals surface area contributed by atoms with Crippen LogP contribution in [-0.2, 0) is 28.4 Å². The summed E-state index contributed by atoms with van der Waals surface area (Å²) in [5, 5.41) is 0. The van der Waals surface area contributed by atoms with Crippen LogP contribution in [0.25, 0.3) is 0 Å². The molecule has 0 atom stereocenters. The summed E-state index contributed by atoms with van der Waals surface area (Å²) in [7, 11) is -0.234. The highest BCUT2D eigenvalue weighted by molar-refractivity contribution is 7.90. The Labute approximate surface area is 124 Å². The lowest BCUT2D eigenvalue weighted by Crippen LogP contribution is -2.50. The van der Waals surface area contributed by atoms with Crippen LogP contribution in [0, 0.1) is 0 Å². The van der Waals surface area contributed by atoms with E-state index in [1.807, 2.05) is 17.8 Å². The standard InChI is InChI=1S/C12H21N5O3S/c1-13-21(19,20)10-12(18)17-7-5-16(6-8-17)9-11-14-3-4-15(11)2/h3-4,13H,5-10H2,1-2H3. The first-order valence-electron chi connectivity index (χ1n) is 6.79. The highest BCUT2D eigenvalue weighted by Gasteiger charge is 2.25. The van der Waals surface area contributed by atoms with Gasteiger partial charge in [0.2, 0.25) is 15.9 Å². The number of aromatic nitrogens is 2. The number of carbonyl (C=O) groups is 1. The van der Waals surface area contributed by atoms with Gasteiger partial charge in [0.15, 0.2) is 0 Å². The second-order valence-corrected chi connectivity index (χ2v) is 7.00. The topological polar surface area (TPSA) is 87.5 Å². The molecule has 118 valence electrons. The molecule has 0 saturated carbocycles. The van der Waals surface area contributed by atoms with Gasteiger partial charge >= 0.3 is 0 Å². The minimum absolute atomic E-state index is 0.346. The van der Waals surface area contributed by atoms with Crippen LogP contribution in [0.2, 0.25) is 0 Å². The molecular weight excluding hydrogens is 294 g/mol. The number of aryl methyl sites for hydroxylation is 1. The fourth-order valence-corrected chi connectivity index (χ4v) is 2.88. The first-order valence-corrected chi connectivity index (χ1v) is 8.44. The molecule has 0 bridgehead atoms. The monoisotopic (exact) mass is 315 g/mol. The van der Waals surface area contributed by atoms with Crippen LogP contribution in [0.5, 0.6) is 0 Å². The second-order valence-electron chi connectivity index (χ2n) is 5.07. The average Bonchev–Trinajstić information content (AvgIpc) is 2.84. The normalized spacial score (nSPS) is 17.1. The van der Waals surface area contributed by atoms with Gasteiger partial charge in [0.25, 0.3) is 0 Å². The molecule has 1 aliphatic heterocycles. The smallest absolute Gasteiger partial charge is 0.239 e. The highest BCUT2D eigenvalue weighted by Crippen LogP contribution is 2.07. The number of piperazine rings is 1. The number of hydrogen-bond donors (Lipinski definition) is 1. The van der Waals surface area contributed by atoms with Gasteiger partial charge in [-0.25, -0.2) is 18.1 Å². The predicted octanol–water partition coefficient (Wildman–Crippen LogP) is -1.39. The Hall–Kier alpha value is -1.45. The van der Waals surface area contributed by atoms with Crippen molar-refractivity contribution in [2.24, 2.45) is 7.05 Å². The van der Waals surface area contributed by atoms with Crippen molar-refractivity contribution < 1.29 is 13.2 Å². The van der Waals surface area contributed by atoms with Crippen molar-refractivity contribution >= 4 is 15.9 Å².